The minimum absolute atomic E-state index is 0. The van der Waals surface area contributed by atoms with Crippen LogP contribution in [0.3, 0.4) is 0 Å². The van der Waals surface area contributed by atoms with Crippen LogP contribution in [-0.2, 0) is 6.54 Å². The van der Waals surface area contributed by atoms with Gasteiger partial charge in [-0.2, -0.15) is 0 Å². The average Bonchev–Trinajstić information content (AvgIpc) is 2.88. The fraction of sp³-hybridized carbons (Fsp3) is 0.647. The Bertz CT molecular complexity index is 435. The van der Waals surface area contributed by atoms with Crippen molar-refractivity contribution in [3.8, 4) is 5.75 Å². The van der Waals surface area contributed by atoms with Crippen LogP contribution in [-0.4, -0.2) is 36.7 Å². The van der Waals surface area contributed by atoms with Crippen LogP contribution < -0.4 is 10.1 Å². The smallest absolute Gasteiger partial charge is 0.119 e. The molecule has 1 N–H and O–H groups in total. The van der Waals surface area contributed by atoms with Crippen molar-refractivity contribution in [1.82, 2.24) is 10.2 Å². The first kappa shape index (κ1) is 16.6. The highest BCUT2D eigenvalue weighted by molar-refractivity contribution is 5.85. The van der Waals surface area contributed by atoms with Crippen LogP contribution in [0.4, 0.5) is 0 Å². The summed E-state index contributed by atoms with van der Waals surface area (Å²) in [5, 5.41) is 3.63. The summed E-state index contributed by atoms with van der Waals surface area (Å²) < 4.78 is 5.69. The maximum atomic E-state index is 5.69. The normalized spacial score (nSPS) is 25.5. The summed E-state index contributed by atoms with van der Waals surface area (Å²) in [6.45, 7) is 8.89. The molecule has 3 nitrogen and oxygen atoms in total. The Morgan fingerprint density at radius 1 is 1.24 bits per heavy atom. The maximum absolute atomic E-state index is 5.69. The van der Waals surface area contributed by atoms with Crippen LogP contribution in [0.2, 0.25) is 0 Å². The van der Waals surface area contributed by atoms with Crippen molar-refractivity contribution in [1.29, 1.82) is 0 Å². The molecule has 1 aromatic carbocycles. The fourth-order valence-corrected chi connectivity index (χ4v) is 3.47. The van der Waals surface area contributed by atoms with Gasteiger partial charge in [-0.15, -0.1) is 12.4 Å². The maximum Gasteiger partial charge on any atom is 0.119 e. The van der Waals surface area contributed by atoms with Crippen molar-refractivity contribution in [2.24, 2.45) is 5.92 Å². The molecule has 0 saturated carbocycles. The highest BCUT2D eigenvalue weighted by atomic mass is 35.5. The molecule has 2 saturated heterocycles. The van der Waals surface area contributed by atoms with E-state index >= 15 is 0 Å². The zero-order chi connectivity index (χ0) is 13.9. The molecular weight excluding hydrogens is 284 g/mol. The lowest BCUT2D eigenvalue weighted by molar-refractivity contribution is 0.156. The SMILES string of the molecule is CC(C)Oc1ccc(CN2CCC3NCCC3C2)cc1.Cl. The van der Waals surface area contributed by atoms with Gasteiger partial charge < -0.3 is 10.1 Å². The Morgan fingerprint density at radius 3 is 2.71 bits per heavy atom. The van der Waals surface area contributed by atoms with Crippen LogP contribution in [0.15, 0.2) is 24.3 Å². The van der Waals surface area contributed by atoms with Crippen molar-refractivity contribution in [3.05, 3.63) is 29.8 Å². The summed E-state index contributed by atoms with van der Waals surface area (Å²) in [6.07, 6.45) is 2.90. The summed E-state index contributed by atoms with van der Waals surface area (Å²) in [4.78, 5) is 2.60. The standard InChI is InChI=1S/C17H26N2O.ClH/c1-13(2)20-16-5-3-14(4-6-16)11-19-10-8-17-15(12-19)7-9-18-17;/h3-6,13,15,17-18H,7-12H2,1-2H3;1H. The number of hydrogen-bond acceptors (Lipinski definition) is 3. The molecule has 0 amide bonds. The Hall–Kier alpha value is -0.770. The average molecular weight is 311 g/mol. The third-order valence-electron chi connectivity index (χ3n) is 4.44. The van der Waals surface area contributed by atoms with E-state index in [9.17, 15) is 0 Å². The lowest BCUT2D eigenvalue weighted by atomic mass is 9.93. The van der Waals surface area contributed by atoms with Crippen LogP contribution in [0, 0.1) is 5.92 Å². The number of nitrogens with zero attached hydrogens (tertiary/aromatic N) is 1. The predicted octanol–water partition coefficient (Wildman–Crippen LogP) is 3.08. The summed E-state index contributed by atoms with van der Waals surface area (Å²) in [5.41, 5.74) is 1.39. The molecule has 2 heterocycles. The van der Waals surface area contributed by atoms with Crippen molar-refractivity contribution in [2.75, 3.05) is 19.6 Å². The van der Waals surface area contributed by atoms with Crippen LogP contribution in [0.5, 0.6) is 5.75 Å². The molecule has 3 rings (SSSR count). The Morgan fingerprint density at radius 2 is 2.00 bits per heavy atom. The monoisotopic (exact) mass is 310 g/mol. The lowest BCUT2D eigenvalue weighted by Gasteiger charge is -2.34. The molecule has 0 aliphatic carbocycles. The molecular formula is C17H27ClN2O. The third-order valence-corrected chi connectivity index (χ3v) is 4.44. The number of rotatable bonds is 4. The number of fused-ring (bicyclic) bond motifs is 1. The minimum Gasteiger partial charge on any atom is -0.491 e. The molecule has 1 aromatic rings. The molecule has 2 fully saturated rings. The van der Waals surface area contributed by atoms with E-state index in [1.54, 1.807) is 0 Å². The predicted molar refractivity (Wildman–Crippen MR) is 89.2 cm³/mol. The van der Waals surface area contributed by atoms with Gasteiger partial charge in [0.05, 0.1) is 6.10 Å². The lowest BCUT2D eigenvalue weighted by Crippen LogP contribution is -2.43. The van der Waals surface area contributed by atoms with Gasteiger partial charge in [0.2, 0.25) is 0 Å². The molecule has 0 aromatic heterocycles. The fourth-order valence-electron chi connectivity index (χ4n) is 3.47. The van der Waals surface area contributed by atoms with Crippen LogP contribution in [0.1, 0.15) is 32.3 Å². The molecule has 2 atom stereocenters. The third kappa shape index (κ3) is 4.35. The van der Waals surface area contributed by atoms with Gasteiger partial charge >= 0.3 is 0 Å². The summed E-state index contributed by atoms with van der Waals surface area (Å²) in [6, 6.07) is 9.39. The molecule has 118 valence electrons. The van der Waals surface area contributed by atoms with Crippen molar-refractivity contribution in [3.63, 3.8) is 0 Å². The first-order valence-electron chi connectivity index (χ1n) is 7.92. The number of ether oxygens (including phenoxy) is 1. The first-order valence-corrected chi connectivity index (χ1v) is 7.92. The van der Waals surface area contributed by atoms with Gasteiger partial charge in [-0.3, -0.25) is 4.90 Å². The van der Waals surface area contributed by atoms with E-state index in [1.807, 2.05) is 0 Å². The van der Waals surface area contributed by atoms with E-state index in [-0.39, 0.29) is 18.5 Å². The zero-order valence-electron chi connectivity index (χ0n) is 13.0. The highest BCUT2D eigenvalue weighted by Crippen LogP contribution is 2.25. The number of piperidine rings is 1. The van der Waals surface area contributed by atoms with E-state index in [1.165, 1.54) is 38.0 Å². The summed E-state index contributed by atoms with van der Waals surface area (Å²) in [7, 11) is 0. The van der Waals surface area contributed by atoms with Gasteiger partial charge in [-0.1, -0.05) is 12.1 Å². The zero-order valence-corrected chi connectivity index (χ0v) is 13.9. The largest absolute Gasteiger partial charge is 0.491 e. The van der Waals surface area contributed by atoms with E-state index in [0.29, 0.717) is 0 Å². The van der Waals surface area contributed by atoms with Gasteiger partial charge in [0.15, 0.2) is 0 Å². The second-order valence-corrected chi connectivity index (χ2v) is 6.44. The van der Waals surface area contributed by atoms with Gasteiger partial charge in [-0.25, -0.2) is 0 Å². The van der Waals surface area contributed by atoms with Gasteiger partial charge in [0, 0.05) is 19.1 Å². The number of likely N-dealkylation sites (tertiary alicyclic amines) is 1. The molecule has 2 unspecified atom stereocenters. The van der Waals surface area contributed by atoms with E-state index in [0.717, 1.165) is 24.3 Å². The summed E-state index contributed by atoms with van der Waals surface area (Å²) in [5.74, 6) is 1.84. The molecule has 0 spiro atoms. The van der Waals surface area contributed by atoms with Gasteiger partial charge in [0.1, 0.15) is 5.75 Å². The Labute approximate surface area is 134 Å². The number of hydrogen-bond donors (Lipinski definition) is 1. The number of benzene rings is 1. The van der Waals surface area contributed by atoms with Crippen molar-refractivity contribution >= 4 is 12.4 Å². The minimum atomic E-state index is 0. The molecule has 21 heavy (non-hydrogen) atoms. The molecule has 0 bridgehead atoms. The van der Waals surface area contributed by atoms with E-state index < -0.39 is 0 Å². The molecule has 0 radical (unpaired) electrons. The Kier molecular flexibility index (Phi) is 5.91. The number of halogens is 1. The van der Waals surface area contributed by atoms with Crippen molar-refractivity contribution in [2.45, 2.75) is 45.4 Å². The molecule has 4 heteroatoms. The molecule has 2 aliphatic rings. The van der Waals surface area contributed by atoms with Crippen LogP contribution >= 0.6 is 12.4 Å². The van der Waals surface area contributed by atoms with E-state index in [4.69, 9.17) is 4.74 Å². The second kappa shape index (κ2) is 7.48. The summed E-state index contributed by atoms with van der Waals surface area (Å²) >= 11 is 0. The second-order valence-electron chi connectivity index (χ2n) is 6.44. The van der Waals surface area contributed by atoms with Crippen molar-refractivity contribution < 1.29 is 4.74 Å². The van der Waals surface area contributed by atoms with Gasteiger partial charge in [-0.05, 0) is 63.4 Å². The quantitative estimate of drug-likeness (QED) is 0.925. The highest BCUT2D eigenvalue weighted by Gasteiger charge is 2.32. The number of nitrogens with one attached hydrogen (secondary N) is 1. The van der Waals surface area contributed by atoms with Gasteiger partial charge in [0.25, 0.3) is 0 Å². The Balaban J connectivity index is 0.00000161. The molecule has 2 aliphatic heterocycles. The van der Waals surface area contributed by atoms with E-state index in [2.05, 4.69) is 48.3 Å². The first-order chi connectivity index (χ1) is 9.70. The van der Waals surface area contributed by atoms with Crippen LogP contribution in [0.25, 0.3) is 0 Å². The topological polar surface area (TPSA) is 24.5 Å².